The van der Waals surface area contributed by atoms with Gasteiger partial charge in [-0.2, -0.15) is 0 Å². The Labute approximate surface area is 324 Å². The number of aliphatic hydroxyl groups is 3. The zero-order valence-electron chi connectivity index (χ0n) is 34.7. The van der Waals surface area contributed by atoms with Crippen molar-refractivity contribution >= 4 is 5.91 Å². The highest BCUT2D eigenvalue weighted by molar-refractivity contribution is 5.80. The van der Waals surface area contributed by atoms with Crippen LogP contribution in [-0.4, -0.2) is 46.1 Å². The predicted molar refractivity (Wildman–Crippen MR) is 227 cm³/mol. The number of allylic oxidation sites excluding steroid dienone is 5. The summed E-state index contributed by atoms with van der Waals surface area (Å²) in [6, 6.07) is -0.797. The van der Waals surface area contributed by atoms with Gasteiger partial charge in [-0.15, -0.1) is 0 Å². The SMILES string of the molecule is CCCCCCCCCCC/C=C\C/C=C\CCCCCCCCCCCCC(O)C(=O)NC(CO)C(O)/C=C/CCCCCCCCCCCC. The quantitative estimate of drug-likeness (QED) is 0.0372. The number of aliphatic hydroxyl groups excluding tert-OH is 3. The molecule has 0 aromatic rings. The van der Waals surface area contributed by atoms with E-state index >= 15 is 0 Å². The molecular weight excluding hydrogens is 643 g/mol. The van der Waals surface area contributed by atoms with Crippen molar-refractivity contribution in [2.24, 2.45) is 0 Å². The van der Waals surface area contributed by atoms with Gasteiger partial charge < -0.3 is 20.6 Å². The summed E-state index contributed by atoms with van der Waals surface area (Å²) in [6.45, 7) is 4.17. The first kappa shape index (κ1) is 50.6. The molecule has 0 aliphatic heterocycles. The number of carbonyl (C=O) groups excluding carboxylic acids is 1. The van der Waals surface area contributed by atoms with E-state index in [9.17, 15) is 20.1 Å². The molecule has 52 heavy (non-hydrogen) atoms. The molecule has 1 amide bonds. The molecule has 3 unspecified atom stereocenters. The van der Waals surface area contributed by atoms with E-state index < -0.39 is 24.2 Å². The Balaban J connectivity index is 3.62. The highest BCUT2D eigenvalue weighted by Gasteiger charge is 2.22. The van der Waals surface area contributed by atoms with E-state index in [2.05, 4.69) is 43.5 Å². The number of hydrogen-bond donors (Lipinski definition) is 4. The fraction of sp³-hybridized carbons (Fsp3) is 0.851. The highest BCUT2D eigenvalue weighted by Crippen LogP contribution is 2.15. The molecule has 0 aromatic carbocycles. The van der Waals surface area contributed by atoms with E-state index in [0.29, 0.717) is 6.42 Å². The van der Waals surface area contributed by atoms with E-state index in [0.717, 1.165) is 38.5 Å². The zero-order chi connectivity index (χ0) is 38.0. The number of rotatable bonds is 41. The summed E-state index contributed by atoms with van der Waals surface area (Å²) in [5, 5.41) is 33.1. The van der Waals surface area contributed by atoms with Crippen LogP contribution in [0.15, 0.2) is 36.5 Å². The summed E-state index contributed by atoms with van der Waals surface area (Å²) in [5.41, 5.74) is 0. The summed E-state index contributed by atoms with van der Waals surface area (Å²) < 4.78 is 0. The van der Waals surface area contributed by atoms with Crippen molar-refractivity contribution in [2.45, 2.75) is 250 Å². The highest BCUT2D eigenvalue weighted by atomic mass is 16.3. The first-order chi connectivity index (χ1) is 25.6. The van der Waals surface area contributed by atoms with Crippen molar-refractivity contribution < 1.29 is 20.1 Å². The molecule has 0 rings (SSSR count). The van der Waals surface area contributed by atoms with E-state index in [1.54, 1.807) is 6.08 Å². The fourth-order valence-electron chi connectivity index (χ4n) is 6.86. The third kappa shape index (κ3) is 36.9. The maximum atomic E-state index is 12.5. The van der Waals surface area contributed by atoms with E-state index in [1.807, 2.05) is 6.08 Å². The molecule has 306 valence electrons. The monoisotopic (exact) mass is 732 g/mol. The number of carbonyl (C=O) groups is 1. The Kier molecular flexibility index (Phi) is 41.1. The minimum absolute atomic E-state index is 0.364. The molecule has 0 heterocycles. The van der Waals surface area contributed by atoms with Crippen LogP contribution in [0.2, 0.25) is 0 Å². The average Bonchev–Trinajstić information content (AvgIpc) is 3.15. The Hall–Kier alpha value is -1.43. The number of amides is 1. The lowest BCUT2D eigenvalue weighted by Crippen LogP contribution is -2.48. The molecule has 0 saturated carbocycles. The average molecular weight is 732 g/mol. The second-order valence-electron chi connectivity index (χ2n) is 15.6. The topological polar surface area (TPSA) is 89.8 Å². The minimum Gasteiger partial charge on any atom is -0.394 e. The molecule has 0 aromatic heterocycles. The van der Waals surface area contributed by atoms with Gasteiger partial charge in [0, 0.05) is 0 Å². The van der Waals surface area contributed by atoms with Crippen molar-refractivity contribution in [3.8, 4) is 0 Å². The predicted octanol–water partition coefficient (Wildman–Crippen LogP) is 13.2. The van der Waals surface area contributed by atoms with Gasteiger partial charge in [0.2, 0.25) is 5.91 Å². The summed E-state index contributed by atoms with van der Waals surface area (Å²) in [5.74, 6) is -0.506. The third-order valence-electron chi connectivity index (χ3n) is 10.5. The summed E-state index contributed by atoms with van der Waals surface area (Å²) >= 11 is 0. The molecule has 5 heteroatoms. The normalized spacial score (nSPS) is 13.9. The summed E-state index contributed by atoms with van der Waals surface area (Å²) in [4.78, 5) is 12.5. The van der Waals surface area contributed by atoms with Crippen molar-refractivity contribution in [1.82, 2.24) is 5.32 Å². The van der Waals surface area contributed by atoms with Crippen LogP contribution in [0.25, 0.3) is 0 Å². The zero-order valence-corrected chi connectivity index (χ0v) is 34.7. The van der Waals surface area contributed by atoms with Crippen LogP contribution in [0.3, 0.4) is 0 Å². The smallest absolute Gasteiger partial charge is 0.249 e. The number of unbranched alkanes of at least 4 members (excludes halogenated alkanes) is 29. The molecular formula is C47H89NO4. The van der Waals surface area contributed by atoms with Crippen LogP contribution in [-0.2, 0) is 4.79 Å². The molecule has 4 N–H and O–H groups in total. The van der Waals surface area contributed by atoms with Crippen molar-refractivity contribution in [3.63, 3.8) is 0 Å². The standard InChI is InChI=1S/C47H89NO4/c1-3-5-7-9-11-13-15-17-18-19-20-21-22-23-24-25-26-27-28-29-30-32-34-36-38-40-42-46(51)47(52)48-44(43-49)45(50)41-39-37-35-33-31-16-14-12-10-8-6-4-2/h20-21,23-24,39,41,44-46,49-51H,3-19,22,25-38,40,42-43H2,1-2H3,(H,48,52)/b21-20-,24-23-,41-39+. The van der Waals surface area contributed by atoms with Gasteiger partial charge in [-0.05, 0) is 51.4 Å². The third-order valence-corrected chi connectivity index (χ3v) is 10.5. The van der Waals surface area contributed by atoms with E-state index in [4.69, 9.17) is 0 Å². The second-order valence-corrected chi connectivity index (χ2v) is 15.6. The van der Waals surface area contributed by atoms with Crippen molar-refractivity contribution in [1.29, 1.82) is 0 Å². The number of hydrogen-bond acceptors (Lipinski definition) is 4. The molecule has 0 radical (unpaired) electrons. The molecule has 0 spiro atoms. The molecule has 0 saturated heterocycles. The van der Waals surface area contributed by atoms with Crippen LogP contribution >= 0.6 is 0 Å². The van der Waals surface area contributed by atoms with Crippen LogP contribution < -0.4 is 5.32 Å². The Bertz CT molecular complexity index is 809. The molecule has 0 aliphatic rings. The lowest BCUT2D eigenvalue weighted by Gasteiger charge is -2.21. The van der Waals surface area contributed by atoms with Gasteiger partial charge in [0.15, 0.2) is 0 Å². The van der Waals surface area contributed by atoms with Gasteiger partial charge >= 0.3 is 0 Å². The van der Waals surface area contributed by atoms with Gasteiger partial charge in [0.05, 0.1) is 18.8 Å². The van der Waals surface area contributed by atoms with Crippen molar-refractivity contribution in [2.75, 3.05) is 6.61 Å². The van der Waals surface area contributed by atoms with Gasteiger partial charge in [0.25, 0.3) is 0 Å². The minimum atomic E-state index is -1.10. The summed E-state index contributed by atoms with van der Waals surface area (Å²) in [6.07, 6.45) is 53.3. The Morgan fingerprint density at radius 2 is 0.827 bits per heavy atom. The lowest BCUT2D eigenvalue weighted by molar-refractivity contribution is -0.131. The maximum absolute atomic E-state index is 12.5. The van der Waals surface area contributed by atoms with Gasteiger partial charge in [-0.25, -0.2) is 0 Å². The lowest BCUT2D eigenvalue weighted by atomic mass is 10.0. The molecule has 0 fully saturated rings. The van der Waals surface area contributed by atoms with E-state index in [1.165, 1.54) is 173 Å². The Morgan fingerprint density at radius 1 is 0.481 bits per heavy atom. The maximum Gasteiger partial charge on any atom is 0.249 e. The van der Waals surface area contributed by atoms with Crippen LogP contribution in [0.4, 0.5) is 0 Å². The van der Waals surface area contributed by atoms with Gasteiger partial charge in [-0.3, -0.25) is 4.79 Å². The van der Waals surface area contributed by atoms with Gasteiger partial charge in [0.1, 0.15) is 6.10 Å². The van der Waals surface area contributed by atoms with Gasteiger partial charge in [-0.1, -0.05) is 217 Å². The summed E-state index contributed by atoms with van der Waals surface area (Å²) in [7, 11) is 0. The van der Waals surface area contributed by atoms with Crippen LogP contribution in [0.1, 0.15) is 232 Å². The van der Waals surface area contributed by atoms with E-state index in [-0.39, 0.29) is 6.61 Å². The van der Waals surface area contributed by atoms with Crippen LogP contribution in [0, 0.1) is 0 Å². The first-order valence-electron chi connectivity index (χ1n) is 22.8. The molecule has 5 nitrogen and oxygen atoms in total. The first-order valence-corrected chi connectivity index (χ1v) is 22.8. The largest absolute Gasteiger partial charge is 0.394 e. The fourth-order valence-corrected chi connectivity index (χ4v) is 6.86. The second kappa shape index (κ2) is 42.3. The molecule has 3 atom stereocenters. The van der Waals surface area contributed by atoms with Crippen LogP contribution in [0.5, 0.6) is 0 Å². The Morgan fingerprint density at radius 3 is 1.21 bits per heavy atom. The molecule has 0 bridgehead atoms. The molecule has 0 aliphatic carbocycles. The van der Waals surface area contributed by atoms with Crippen molar-refractivity contribution in [3.05, 3.63) is 36.5 Å². The number of nitrogens with one attached hydrogen (secondary N) is 1.